The topological polar surface area (TPSA) is 68.2 Å². The summed E-state index contributed by atoms with van der Waals surface area (Å²) in [6, 6.07) is 8.11. The minimum atomic E-state index is -1.21. The van der Waals surface area contributed by atoms with Crippen LogP contribution in [0.15, 0.2) is 24.3 Å². The van der Waals surface area contributed by atoms with Gasteiger partial charge in [-0.15, -0.1) is 0 Å². The molecule has 1 saturated heterocycles. The first-order valence-corrected chi connectivity index (χ1v) is 10.4. The predicted octanol–water partition coefficient (Wildman–Crippen LogP) is 3.30. The summed E-state index contributed by atoms with van der Waals surface area (Å²) >= 11 is 0. The number of ether oxygens (including phenoxy) is 3. The molecule has 1 aromatic rings. The number of hydrogen-bond acceptors (Lipinski definition) is 5. The fraction of sp³-hybridized carbons (Fsp3) is 0.682. The van der Waals surface area contributed by atoms with Gasteiger partial charge in [0, 0.05) is 38.3 Å². The van der Waals surface area contributed by atoms with Crippen molar-refractivity contribution in [3.05, 3.63) is 29.8 Å². The monoisotopic (exact) mass is 391 g/mol. The van der Waals surface area contributed by atoms with E-state index in [1.807, 2.05) is 38.1 Å². The smallest absolute Gasteiger partial charge is 0.338 e. The molecule has 2 aliphatic rings. The lowest BCUT2D eigenvalue weighted by Crippen LogP contribution is -2.49. The molecule has 3 rings (SSSR count). The standard InChI is InChI=1S/C22H33NO5/c1-4-27-19-12-8-17(9-13-19)23-14-20(16-6-10-18(26-3)11-7-16)22(15-23,21(24)25)28-5-2/h6-7,10-11,17,19-20H,4-5,8-9,12-15H2,1-3H3,(H,24,25)/t17-,19-,20-,22-/m0/s1. The van der Waals surface area contributed by atoms with Crippen LogP contribution >= 0.6 is 0 Å². The van der Waals surface area contributed by atoms with E-state index >= 15 is 0 Å². The molecule has 156 valence electrons. The van der Waals surface area contributed by atoms with E-state index in [1.165, 1.54) is 0 Å². The summed E-state index contributed by atoms with van der Waals surface area (Å²) in [6.45, 7) is 6.16. The number of methoxy groups -OCH3 is 1. The highest BCUT2D eigenvalue weighted by Gasteiger charge is 2.55. The van der Waals surface area contributed by atoms with Crippen LogP contribution in [0.25, 0.3) is 0 Å². The number of benzene rings is 1. The van der Waals surface area contributed by atoms with Crippen LogP contribution in [0, 0.1) is 0 Å². The Hall–Kier alpha value is -1.63. The maximum absolute atomic E-state index is 12.4. The van der Waals surface area contributed by atoms with Crippen molar-refractivity contribution in [1.29, 1.82) is 0 Å². The lowest BCUT2D eigenvalue weighted by molar-refractivity contribution is -0.166. The summed E-state index contributed by atoms with van der Waals surface area (Å²) in [4.78, 5) is 14.7. The van der Waals surface area contributed by atoms with Crippen LogP contribution < -0.4 is 4.74 Å². The highest BCUT2D eigenvalue weighted by atomic mass is 16.5. The van der Waals surface area contributed by atoms with E-state index in [0.717, 1.165) is 43.6 Å². The molecule has 1 N–H and O–H groups in total. The van der Waals surface area contributed by atoms with Crippen LogP contribution in [0.2, 0.25) is 0 Å². The Kier molecular flexibility index (Phi) is 6.96. The van der Waals surface area contributed by atoms with Crippen LogP contribution in [0.4, 0.5) is 0 Å². The lowest BCUT2D eigenvalue weighted by atomic mass is 9.84. The van der Waals surface area contributed by atoms with Gasteiger partial charge in [-0.05, 0) is 57.2 Å². The van der Waals surface area contributed by atoms with Crippen molar-refractivity contribution in [2.75, 3.05) is 33.4 Å². The lowest BCUT2D eigenvalue weighted by Gasteiger charge is -2.35. The minimum Gasteiger partial charge on any atom is -0.497 e. The summed E-state index contributed by atoms with van der Waals surface area (Å²) in [5.74, 6) is -0.314. The first kappa shape index (κ1) is 21.1. The largest absolute Gasteiger partial charge is 0.497 e. The van der Waals surface area contributed by atoms with Crippen molar-refractivity contribution < 1.29 is 24.1 Å². The van der Waals surface area contributed by atoms with E-state index in [4.69, 9.17) is 14.2 Å². The highest BCUT2D eigenvalue weighted by molar-refractivity contribution is 5.80. The average molecular weight is 392 g/mol. The molecule has 2 fully saturated rings. The molecule has 6 nitrogen and oxygen atoms in total. The zero-order chi connectivity index (χ0) is 20.1. The molecule has 28 heavy (non-hydrogen) atoms. The number of carboxylic acid groups (broad SMARTS) is 1. The fourth-order valence-corrected chi connectivity index (χ4v) is 4.84. The second kappa shape index (κ2) is 9.25. The van der Waals surface area contributed by atoms with Gasteiger partial charge >= 0.3 is 5.97 Å². The van der Waals surface area contributed by atoms with E-state index in [2.05, 4.69) is 4.90 Å². The molecule has 0 radical (unpaired) electrons. The van der Waals surface area contributed by atoms with Crippen molar-refractivity contribution in [2.45, 2.75) is 63.2 Å². The highest BCUT2D eigenvalue weighted by Crippen LogP contribution is 2.42. The third kappa shape index (κ3) is 4.19. The van der Waals surface area contributed by atoms with E-state index in [1.54, 1.807) is 7.11 Å². The van der Waals surface area contributed by atoms with Gasteiger partial charge < -0.3 is 19.3 Å². The molecule has 6 heteroatoms. The van der Waals surface area contributed by atoms with E-state index in [0.29, 0.717) is 31.8 Å². The molecule has 2 atom stereocenters. The number of nitrogens with zero attached hydrogens (tertiary/aromatic N) is 1. The van der Waals surface area contributed by atoms with Crippen molar-refractivity contribution in [3.63, 3.8) is 0 Å². The number of carboxylic acids is 1. The van der Waals surface area contributed by atoms with Gasteiger partial charge in [-0.3, -0.25) is 4.90 Å². The number of hydrogen-bond donors (Lipinski definition) is 1. The second-order valence-electron chi connectivity index (χ2n) is 7.77. The number of rotatable bonds is 8. The van der Waals surface area contributed by atoms with Crippen molar-refractivity contribution in [3.8, 4) is 5.75 Å². The van der Waals surface area contributed by atoms with Crippen molar-refractivity contribution in [1.82, 2.24) is 4.90 Å². The predicted molar refractivity (Wildman–Crippen MR) is 107 cm³/mol. The zero-order valence-corrected chi connectivity index (χ0v) is 17.2. The van der Waals surface area contributed by atoms with E-state index < -0.39 is 11.6 Å². The molecular weight excluding hydrogens is 358 g/mol. The van der Waals surface area contributed by atoms with Gasteiger partial charge in [0.2, 0.25) is 0 Å². The van der Waals surface area contributed by atoms with Crippen LogP contribution in [0.5, 0.6) is 5.75 Å². The second-order valence-corrected chi connectivity index (χ2v) is 7.77. The fourth-order valence-electron chi connectivity index (χ4n) is 4.84. The van der Waals surface area contributed by atoms with Gasteiger partial charge in [0.1, 0.15) is 5.75 Å². The van der Waals surface area contributed by atoms with E-state index in [9.17, 15) is 9.90 Å². The molecule has 1 saturated carbocycles. The third-order valence-electron chi connectivity index (χ3n) is 6.26. The van der Waals surface area contributed by atoms with Crippen LogP contribution in [-0.2, 0) is 14.3 Å². The molecule has 1 aliphatic heterocycles. The van der Waals surface area contributed by atoms with Crippen molar-refractivity contribution in [2.24, 2.45) is 0 Å². The first-order chi connectivity index (χ1) is 13.5. The molecule has 1 heterocycles. The Labute approximate surface area is 167 Å². The number of carbonyl (C=O) groups is 1. The normalized spacial score (nSPS) is 31.0. The van der Waals surface area contributed by atoms with Gasteiger partial charge in [0.05, 0.1) is 13.2 Å². The summed E-state index contributed by atoms with van der Waals surface area (Å²) in [6.07, 6.45) is 4.51. The minimum absolute atomic E-state index is 0.208. The molecule has 0 bridgehead atoms. The molecule has 1 aliphatic carbocycles. The van der Waals surface area contributed by atoms with Gasteiger partial charge in [0.15, 0.2) is 5.60 Å². The molecule has 0 spiro atoms. The molecule has 0 amide bonds. The maximum atomic E-state index is 12.4. The molecule has 1 aromatic carbocycles. The summed E-state index contributed by atoms with van der Waals surface area (Å²) in [5, 5.41) is 10.2. The van der Waals surface area contributed by atoms with Gasteiger partial charge in [0.25, 0.3) is 0 Å². The van der Waals surface area contributed by atoms with Crippen molar-refractivity contribution >= 4 is 5.97 Å². The number of aliphatic carboxylic acids is 1. The van der Waals surface area contributed by atoms with Crippen LogP contribution in [0.1, 0.15) is 51.0 Å². The van der Waals surface area contributed by atoms with Gasteiger partial charge in [-0.2, -0.15) is 0 Å². The Balaban J connectivity index is 1.81. The van der Waals surface area contributed by atoms with Gasteiger partial charge in [-0.25, -0.2) is 4.79 Å². The summed E-state index contributed by atoms with van der Waals surface area (Å²) < 4.78 is 17.0. The quantitative estimate of drug-likeness (QED) is 0.733. The first-order valence-electron chi connectivity index (χ1n) is 10.4. The third-order valence-corrected chi connectivity index (χ3v) is 6.26. The van der Waals surface area contributed by atoms with E-state index in [-0.39, 0.29) is 5.92 Å². The van der Waals surface area contributed by atoms with Gasteiger partial charge in [-0.1, -0.05) is 12.1 Å². The Bertz CT molecular complexity index is 641. The Morgan fingerprint density at radius 1 is 1.14 bits per heavy atom. The SMILES string of the molecule is CCO[C@@]1(C(=O)O)CN([C@H]2CC[C@H](OCC)CC2)C[C@H]1c1ccc(OC)cc1. The number of likely N-dealkylation sites (tertiary alicyclic amines) is 1. The molecule has 0 unspecified atom stereocenters. The molecular formula is C22H33NO5. The zero-order valence-electron chi connectivity index (χ0n) is 17.2. The average Bonchev–Trinajstić information content (AvgIpc) is 3.10. The summed E-state index contributed by atoms with van der Waals surface area (Å²) in [5.41, 5.74) is -0.220. The Morgan fingerprint density at radius 2 is 1.82 bits per heavy atom. The van der Waals surface area contributed by atoms with Crippen LogP contribution in [0.3, 0.4) is 0 Å². The Morgan fingerprint density at radius 3 is 2.36 bits per heavy atom. The molecule has 0 aromatic heterocycles. The maximum Gasteiger partial charge on any atom is 0.338 e. The summed E-state index contributed by atoms with van der Waals surface area (Å²) in [7, 11) is 1.63. The van der Waals surface area contributed by atoms with Crippen LogP contribution in [-0.4, -0.2) is 67.1 Å².